The van der Waals surface area contributed by atoms with E-state index in [-0.39, 0.29) is 16.8 Å². The molecule has 0 aromatic heterocycles. The fourth-order valence-corrected chi connectivity index (χ4v) is 3.83. The van der Waals surface area contributed by atoms with E-state index in [1.165, 1.54) is 43.6 Å². The number of nitrogens with one attached hydrogen (secondary N) is 1. The maximum Gasteiger partial charge on any atom is 0.243 e. The number of anilines is 1. The largest absolute Gasteiger partial charge is 0.495 e. The second-order valence-electron chi connectivity index (χ2n) is 5.65. The highest BCUT2D eigenvalue weighted by Gasteiger charge is 2.27. The molecule has 2 aromatic carbocycles. The standard InChI is InChI=1S/C18H22N2O4S/c1-13(15-8-6-5-7-9-15)20(3)25(22,23)16-10-11-18(24-4)17(12-16)19-14(2)21/h5-13H,1-4H3,(H,19,21)/t13-/m1/s1. The molecule has 7 heteroatoms. The summed E-state index contributed by atoms with van der Waals surface area (Å²) in [6, 6.07) is 13.5. The smallest absolute Gasteiger partial charge is 0.243 e. The quantitative estimate of drug-likeness (QED) is 0.857. The highest BCUT2D eigenvalue weighted by Crippen LogP contribution is 2.31. The first-order valence-electron chi connectivity index (χ1n) is 7.76. The monoisotopic (exact) mass is 362 g/mol. The summed E-state index contributed by atoms with van der Waals surface area (Å²) in [5, 5.41) is 2.59. The first kappa shape index (κ1) is 19.0. The second kappa shape index (κ2) is 7.67. The molecule has 1 N–H and O–H groups in total. The molecule has 0 heterocycles. The Morgan fingerprint density at radius 3 is 2.36 bits per heavy atom. The number of sulfonamides is 1. The van der Waals surface area contributed by atoms with Gasteiger partial charge in [0.15, 0.2) is 0 Å². The molecule has 1 amide bonds. The molecule has 1 atom stereocenters. The fourth-order valence-electron chi connectivity index (χ4n) is 2.45. The Bertz CT molecular complexity index is 851. The molecule has 0 aliphatic rings. The minimum atomic E-state index is -3.74. The number of methoxy groups -OCH3 is 1. The highest BCUT2D eigenvalue weighted by atomic mass is 32.2. The molecule has 0 unspecified atom stereocenters. The number of rotatable bonds is 6. The van der Waals surface area contributed by atoms with Crippen LogP contribution in [0.4, 0.5) is 5.69 Å². The van der Waals surface area contributed by atoms with Gasteiger partial charge in [0.05, 0.1) is 17.7 Å². The minimum Gasteiger partial charge on any atom is -0.495 e. The first-order valence-corrected chi connectivity index (χ1v) is 9.20. The zero-order valence-electron chi connectivity index (χ0n) is 14.7. The van der Waals surface area contributed by atoms with E-state index in [1.54, 1.807) is 0 Å². The fraction of sp³-hybridized carbons (Fsp3) is 0.278. The zero-order chi connectivity index (χ0) is 18.6. The van der Waals surface area contributed by atoms with E-state index in [9.17, 15) is 13.2 Å². The van der Waals surface area contributed by atoms with Crippen LogP contribution in [0.25, 0.3) is 0 Å². The van der Waals surface area contributed by atoms with Gasteiger partial charge in [-0.1, -0.05) is 30.3 Å². The van der Waals surface area contributed by atoms with Crippen molar-refractivity contribution in [1.82, 2.24) is 4.31 Å². The predicted octanol–water partition coefficient (Wildman–Crippen LogP) is 3.04. The number of nitrogens with zero attached hydrogens (tertiary/aromatic N) is 1. The summed E-state index contributed by atoms with van der Waals surface area (Å²) in [7, 11) is -0.749. The summed E-state index contributed by atoms with van der Waals surface area (Å²) < 4.78 is 32.4. The van der Waals surface area contributed by atoms with E-state index < -0.39 is 10.0 Å². The second-order valence-corrected chi connectivity index (χ2v) is 7.65. The van der Waals surface area contributed by atoms with Gasteiger partial charge in [0.25, 0.3) is 0 Å². The molecule has 2 rings (SSSR count). The minimum absolute atomic E-state index is 0.0855. The average Bonchev–Trinajstić information content (AvgIpc) is 2.60. The van der Waals surface area contributed by atoms with Gasteiger partial charge in [0, 0.05) is 20.0 Å². The van der Waals surface area contributed by atoms with Gasteiger partial charge < -0.3 is 10.1 Å². The van der Waals surface area contributed by atoms with Crippen LogP contribution in [0, 0.1) is 0 Å². The Morgan fingerprint density at radius 1 is 1.16 bits per heavy atom. The lowest BCUT2D eigenvalue weighted by Crippen LogP contribution is -2.30. The highest BCUT2D eigenvalue weighted by molar-refractivity contribution is 7.89. The van der Waals surface area contributed by atoms with Crippen LogP contribution < -0.4 is 10.1 Å². The number of hydrogen-bond donors (Lipinski definition) is 1. The summed E-state index contributed by atoms with van der Waals surface area (Å²) in [6.07, 6.45) is 0. The number of benzene rings is 2. The maximum atomic E-state index is 13.0. The van der Waals surface area contributed by atoms with E-state index >= 15 is 0 Å². The summed E-state index contributed by atoms with van der Waals surface area (Å²) in [5.41, 5.74) is 1.21. The lowest BCUT2D eigenvalue weighted by atomic mass is 10.1. The third kappa shape index (κ3) is 4.18. The molecule has 0 bridgehead atoms. The number of carbonyl (C=O) groups excluding carboxylic acids is 1. The van der Waals surface area contributed by atoms with E-state index in [0.717, 1.165) is 5.56 Å². The van der Waals surface area contributed by atoms with Crippen molar-refractivity contribution in [2.24, 2.45) is 0 Å². The van der Waals surface area contributed by atoms with Crippen LogP contribution in [-0.4, -0.2) is 32.8 Å². The van der Waals surface area contributed by atoms with Crippen LogP contribution in [0.1, 0.15) is 25.5 Å². The van der Waals surface area contributed by atoms with E-state index in [1.807, 2.05) is 37.3 Å². The van der Waals surface area contributed by atoms with Crippen molar-refractivity contribution >= 4 is 21.6 Å². The molecule has 0 aliphatic carbocycles. The van der Waals surface area contributed by atoms with Gasteiger partial charge >= 0.3 is 0 Å². The molecule has 6 nitrogen and oxygen atoms in total. The summed E-state index contributed by atoms with van der Waals surface area (Å²) >= 11 is 0. The molecule has 0 saturated carbocycles. The Kier molecular flexibility index (Phi) is 5.81. The number of ether oxygens (including phenoxy) is 1. The van der Waals surface area contributed by atoms with Crippen LogP contribution in [0.2, 0.25) is 0 Å². The predicted molar refractivity (Wildman–Crippen MR) is 97.1 cm³/mol. The van der Waals surface area contributed by atoms with Crippen molar-refractivity contribution in [3.05, 3.63) is 54.1 Å². The Hall–Kier alpha value is -2.38. The lowest BCUT2D eigenvalue weighted by Gasteiger charge is -2.25. The van der Waals surface area contributed by atoms with Crippen molar-refractivity contribution in [3.63, 3.8) is 0 Å². The normalized spacial score (nSPS) is 12.7. The topological polar surface area (TPSA) is 75.7 Å². The SMILES string of the molecule is COc1ccc(S(=O)(=O)N(C)[C@H](C)c2ccccc2)cc1NC(C)=O. The molecule has 2 aromatic rings. The summed E-state index contributed by atoms with van der Waals surface area (Å²) in [5.74, 6) is 0.0896. The van der Waals surface area contributed by atoms with Crippen molar-refractivity contribution in [2.75, 3.05) is 19.5 Å². The van der Waals surface area contributed by atoms with Crippen molar-refractivity contribution in [2.45, 2.75) is 24.8 Å². The van der Waals surface area contributed by atoms with Gasteiger partial charge in [0.1, 0.15) is 5.75 Å². The van der Waals surface area contributed by atoms with Crippen LogP contribution in [-0.2, 0) is 14.8 Å². The maximum absolute atomic E-state index is 13.0. The van der Waals surface area contributed by atoms with Gasteiger partial charge in [-0.2, -0.15) is 4.31 Å². The van der Waals surface area contributed by atoms with E-state index in [2.05, 4.69) is 5.32 Å². The molecule has 0 fully saturated rings. The molecule has 0 saturated heterocycles. The molecular formula is C18H22N2O4S. The number of amides is 1. The van der Waals surface area contributed by atoms with Crippen molar-refractivity contribution in [1.29, 1.82) is 0 Å². The molecular weight excluding hydrogens is 340 g/mol. The van der Waals surface area contributed by atoms with E-state index in [0.29, 0.717) is 11.4 Å². The average molecular weight is 362 g/mol. The van der Waals surface area contributed by atoms with Gasteiger partial charge in [-0.3, -0.25) is 4.79 Å². The lowest BCUT2D eigenvalue weighted by molar-refractivity contribution is -0.114. The molecule has 0 aliphatic heterocycles. The third-order valence-corrected chi connectivity index (χ3v) is 5.91. The van der Waals surface area contributed by atoms with Gasteiger partial charge in [-0.25, -0.2) is 8.42 Å². The van der Waals surface area contributed by atoms with Crippen LogP contribution in [0.5, 0.6) is 5.75 Å². The summed E-state index contributed by atoms with van der Waals surface area (Å²) in [6.45, 7) is 3.18. The number of hydrogen-bond acceptors (Lipinski definition) is 4. The van der Waals surface area contributed by atoms with Crippen LogP contribution in [0.15, 0.2) is 53.4 Å². The van der Waals surface area contributed by atoms with Crippen molar-refractivity contribution in [3.8, 4) is 5.75 Å². The molecule has 0 radical (unpaired) electrons. The molecule has 0 spiro atoms. The van der Waals surface area contributed by atoms with E-state index in [4.69, 9.17) is 4.74 Å². The molecule has 134 valence electrons. The van der Waals surface area contributed by atoms with Gasteiger partial charge in [-0.15, -0.1) is 0 Å². The van der Waals surface area contributed by atoms with Crippen LogP contribution >= 0.6 is 0 Å². The van der Waals surface area contributed by atoms with Crippen LogP contribution in [0.3, 0.4) is 0 Å². The first-order chi connectivity index (χ1) is 11.8. The Balaban J connectivity index is 2.40. The Labute approximate surface area is 148 Å². The van der Waals surface area contributed by atoms with Gasteiger partial charge in [-0.05, 0) is 30.7 Å². The Morgan fingerprint density at radius 2 is 1.80 bits per heavy atom. The number of carbonyl (C=O) groups is 1. The molecule has 25 heavy (non-hydrogen) atoms. The zero-order valence-corrected chi connectivity index (χ0v) is 15.5. The van der Waals surface area contributed by atoms with Crippen molar-refractivity contribution < 1.29 is 17.9 Å². The van der Waals surface area contributed by atoms with Gasteiger partial charge in [0.2, 0.25) is 15.9 Å². The summed E-state index contributed by atoms with van der Waals surface area (Å²) in [4.78, 5) is 11.4. The third-order valence-electron chi connectivity index (χ3n) is 3.99.